The summed E-state index contributed by atoms with van der Waals surface area (Å²) in [6.07, 6.45) is 1.83. The Morgan fingerprint density at radius 1 is 1.14 bits per heavy atom. The number of aromatic nitrogens is 1. The molecule has 110 valence electrons. The second kappa shape index (κ2) is 6.33. The molecular formula is C16H17ClN2O2. The third kappa shape index (κ3) is 3.12. The summed E-state index contributed by atoms with van der Waals surface area (Å²) < 4.78 is 10.7. The van der Waals surface area contributed by atoms with Crippen molar-refractivity contribution in [2.75, 3.05) is 38.3 Å². The molecule has 4 nitrogen and oxygen atoms in total. The van der Waals surface area contributed by atoms with E-state index >= 15 is 0 Å². The third-order valence-corrected chi connectivity index (χ3v) is 3.88. The molecule has 1 aromatic carbocycles. The highest BCUT2D eigenvalue weighted by molar-refractivity contribution is 6.32. The highest BCUT2D eigenvalue weighted by Gasteiger charge is 2.13. The predicted molar refractivity (Wildman–Crippen MR) is 84.3 cm³/mol. The number of rotatable bonds is 3. The number of methoxy groups -OCH3 is 1. The van der Waals surface area contributed by atoms with Gasteiger partial charge in [0.05, 0.1) is 25.3 Å². The van der Waals surface area contributed by atoms with Crippen molar-refractivity contribution in [1.29, 1.82) is 0 Å². The lowest BCUT2D eigenvalue weighted by Gasteiger charge is -2.28. The monoisotopic (exact) mass is 304 g/mol. The Labute approximate surface area is 129 Å². The highest BCUT2D eigenvalue weighted by Crippen LogP contribution is 2.31. The van der Waals surface area contributed by atoms with Gasteiger partial charge in [-0.05, 0) is 35.4 Å². The summed E-state index contributed by atoms with van der Waals surface area (Å²) in [6.45, 7) is 3.25. The van der Waals surface area contributed by atoms with E-state index in [4.69, 9.17) is 21.1 Å². The zero-order valence-corrected chi connectivity index (χ0v) is 12.6. The van der Waals surface area contributed by atoms with Crippen LogP contribution in [0.4, 0.5) is 5.82 Å². The van der Waals surface area contributed by atoms with E-state index in [9.17, 15) is 0 Å². The average Bonchev–Trinajstić information content (AvgIpc) is 2.56. The van der Waals surface area contributed by atoms with Gasteiger partial charge >= 0.3 is 0 Å². The first-order chi connectivity index (χ1) is 10.3. The van der Waals surface area contributed by atoms with Crippen LogP contribution in [0.3, 0.4) is 0 Å². The standard InChI is InChI=1S/C16H17ClN2O2/c1-20-15-10-12(2-3-14(15)17)13-4-5-18-16(11-13)19-6-8-21-9-7-19/h2-5,10-11H,6-9H2,1H3. The lowest BCUT2D eigenvalue weighted by atomic mass is 10.1. The molecule has 1 fully saturated rings. The minimum absolute atomic E-state index is 0.615. The molecule has 1 aliphatic heterocycles. The van der Waals surface area contributed by atoms with Crippen LogP contribution < -0.4 is 9.64 Å². The van der Waals surface area contributed by atoms with Gasteiger partial charge in [-0.2, -0.15) is 0 Å². The van der Waals surface area contributed by atoms with E-state index in [1.807, 2.05) is 30.5 Å². The normalized spacial score (nSPS) is 15.0. The molecule has 0 spiro atoms. The van der Waals surface area contributed by atoms with E-state index in [0.717, 1.165) is 43.2 Å². The Morgan fingerprint density at radius 3 is 2.67 bits per heavy atom. The van der Waals surface area contributed by atoms with Gasteiger partial charge in [0.15, 0.2) is 0 Å². The van der Waals surface area contributed by atoms with Crippen molar-refractivity contribution in [3.8, 4) is 16.9 Å². The van der Waals surface area contributed by atoms with Crippen LogP contribution in [0.15, 0.2) is 36.5 Å². The van der Waals surface area contributed by atoms with Gasteiger partial charge in [-0.15, -0.1) is 0 Å². The number of ether oxygens (including phenoxy) is 2. The number of benzene rings is 1. The largest absolute Gasteiger partial charge is 0.495 e. The lowest BCUT2D eigenvalue weighted by molar-refractivity contribution is 0.122. The van der Waals surface area contributed by atoms with E-state index in [-0.39, 0.29) is 0 Å². The van der Waals surface area contributed by atoms with Crippen LogP contribution >= 0.6 is 11.6 Å². The number of hydrogen-bond acceptors (Lipinski definition) is 4. The summed E-state index contributed by atoms with van der Waals surface area (Å²) in [5.74, 6) is 1.66. The summed E-state index contributed by atoms with van der Waals surface area (Å²) in [4.78, 5) is 6.70. The fraction of sp³-hybridized carbons (Fsp3) is 0.312. The number of hydrogen-bond donors (Lipinski definition) is 0. The molecule has 1 aromatic heterocycles. The summed E-state index contributed by atoms with van der Waals surface area (Å²) in [6, 6.07) is 9.87. The second-order valence-corrected chi connectivity index (χ2v) is 5.26. The SMILES string of the molecule is COc1cc(-c2ccnc(N3CCOCC3)c2)ccc1Cl. The number of morpholine rings is 1. The van der Waals surface area contributed by atoms with Gasteiger partial charge in [0.25, 0.3) is 0 Å². The second-order valence-electron chi connectivity index (χ2n) is 4.85. The molecule has 1 saturated heterocycles. The minimum Gasteiger partial charge on any atom is -0.495 e. The van der Waals surface area contributed by atoms with Crippen molar-refractivity contribution in [3.63, 3.8) is 0 Å². The zero-order chi connectivity index (χ0) is 14.7. The summed E-state index contributed by atoms with van der Waals surface area (Å²) >= 11 is 6.08. The molecule has 0 amide bonds. The number of anilines is 1. The summed E-state index contributed by atoms with van der Waals surface area (Å²) in [5.41, 5.74) is 2.16. The van der Waals surface area contributed by atoms with E-state index in [1.54, 1.807) is 7.11 Å². The van der Waals surface area contributed by atoms with Crippen LogP contribution in [0.25, 0.3) is 11.1 Å². The van der Waals surface area contributed by atoms with Gasteiger partial charge in [-0.3, -0.25) is 0 Å². The van der Waals surface area contributed by atoms with Crippen LogP contribution in [-0.4, -0.2) is 38.4 Å². The van der Waals surface area contributed by atoms with Crippen LogP contribution in [0, 0.1) is 0 Å². The van der Waals surface area contributed by atoms with Crippen molar-refractivity contribution >= 4 is 17.4 Å². The van der Waals surface area contributed by atoms with Crippen molar-refractivity contribution in [2.45, 2.75) is 0 Å². The maximum absolute atomic E-state index is 6.08. The van der Waals surface area contributed by atoms with Crippen molar-refractivity contribution in [2.24, 2.45) is 0 Å². The number of pyridine rings is 1. The quantitative estimate of drug-likeness (QED) is 0.872. The first-order valence-electron chi connectivity index (χ1n) is 6.90. The van der Waals surface area contributed by atoms with Gasteiger partial charge < -0.3 is 14.4 Å². The predicted octanol–water partition coefficient (Wildman–Crippen LogP) is 3.25. The van der Waals surface area contributed by atoms with E-state index in [0.29, 0.717) is 10.8 Å². The van der Waals surface area contributed by atoms with Gasteiger partial charge in [0, 0.05) is 19.3 Å². The topological polar surface area (TPSA) is 34.6 Å². The molecule has 0 N–H and O–H groups in total. The van der Waals surface area contributed by atoms with E-state index in [2.05, 4.69) is 16.0 Å². The lowest BCUT2D eigenvalue weighted by Crippen LogP contribution is -2.36. The molecular weight excluding hydrogens is 288 g/mol. The van der Waals surface area contributed by atoms with E-state index < -0.39 is 0 Å². The Bertz CT molecular complexity index is 627. The maximum atomic E-state index is 6.08. The van der Waals surface area contributed by atoms with Crippen molar-refractivity contribution in [3.05, 3.63) is 41.6 Å². The summed E-state index contributed by atoms with van der Waals surface area (Å²) in [7, 11) is 1.62. The van der Waals surface area contributed by atoms with Crippen molar-refractivity contribution < 1.29 is 9.47 Å². The van der Waals surface area contributed by atoms with Crippen LogP contribution in [0.2, 0.25) is 5.02 Å². The molecule has 0 aliphatic carbocycles. The molecule has 0 bridgehead atoms. The smallest absolute Gasteiger partial charge is 0.138 e. The van der Waals surface area contributed by atoms with Gasteiger partial charge in [-0.1, -0.05) is 17.7 Å². The molecule has 3 rings (SSSR count). The molecule has 2 heterocycles. The van der Waals surface area contributed by atoms with Crippen LogP contribution in [0.1, 0.15) is 0 Å². The third-order valence-electron chi connectivity index (χ3n) is 3.57. The average molecular weight is 305 g/mol. The fourth-order valence-corrected chi connectivity index (χ4v) is 2.60. The number of halogens is 1. The van der Waals surface area contributed by atoms with Crippen molar-refractivity contribution in [1.82, 2.24) is 4.98 Å². The highest BCUT2D eigenvalue weighted by atomic mass is 35.5. The maximum Gasteiger partial charge on any atom is 0.138 e. The first-order valence-corrected chi connectivity index (χ1v) is 7.28. The Kier molecular flexibility index (Phi) is 4.27. The van der Waals surface area contributed by atoms with Crippen LogP contribution in [0.5, 0.6) is 5.75 Å². The molecule has 5 heteroatoms. The van der Waals surface area contributed by atoms with E-state index in [1.165, 1.54) is 0 Å². The molecule has 0 radical (unpaired) electrons. The Hall–Kier alpha value is -1.78. The number of nitrogens with zero attached hydrogens (tertiary/aromatic N) is 2. The van der Waals surface area contributed by atoms with Gasteiger partial charge in [-0.25, -0.2) is 4.98 Å². The molecule has 2 aromatic rings. The summed E-state index contributed by atoms with van der Waals surface area (Å²) in [5, 5.41) is 0.615. The zero-order valence-electron chi connectivity index (χ0n) is 11.9. The molecule has 1 aliphatic rings. The Balaban J connectivity index is 1.92. The van der Waals surface area contributed by atoms with Gasteiger partial charge in [0.1, 0.15) is 11.6 Å². The molecule has 0 atom stereocenters. The fourth-order valence-electron chi connectivity index (χ4n) is 2.40. The first kappa shape index (κ1) is 14.2. The van der Waals surface area contributed by atoms with Crippen LogP contribution in [-0.2, 0) is 4.74 Å². The Morgan fingerprint density at radius 2 is 1.90 bits per heavy atom. The van der Waals surface area contributed by atoms with Gasteiger partial charge in [0.2, 0.25) is 0 Å². The molecule has 21 heavy (non-hydrogen) atoms. The molecule has 0 unspecified atom stereocenters. The molecule has 0 saturated carbocycles. The minimum atomic E-state index is 0.615.